The van der Waals surface area contributed by atoms with Crippen molar-refractivity contribution in [2.24, 2.45) is 0 Å². The number of carbonyl (C=O) groups excluding carboxylic acids is 1. The molecule has 0 aromatic carbocycles. The normalized spacial score (nSPS) is 15.9. The minimum Gasteiger partial charge on any atom is -0.481 e. The number of amides is 2. The highest BCUT2D eigenvalue weighted by Crippen LogP contribution is 2.19. The van der Waals surface area contributed by atoms with E-state index < -0.39 is 30.4 Å². The van der Waals surface area contributed by atoms with Crippen molar-refractivity contribution in [1.29, 1.82) is 0 Å². The maximum absolute atomic E-state index is 11.5. The van der Waals surface area contributed by atoms with Crippen molar-refractivity contribution < 1.29 is 24.6 Å². The van der Waals surface area contributed by atoms with Gasteiger partial charge in [0.15, 0.2) is 0 Å². The van der Waals surface area contributed by atoms with E-state index in [9.17, 15) is 14.4 Å². The lowest BCUT2D eigenvalue weighted by atomic mass is 9.97. The third-order valence-corrected chi connectivity index (χ3v) is 3.10. The fraction of sp³-hybridized carbons (Fsp3) is 0.615. The molecule has 20 heavy (non-hydrogen) atoms. The molecule has 1 atom stereocenters. The van der Waals surface area contributed by atoms with E-state index in [1.54, 1.807) is 0 Å². The zero-order valence-electron chi connectivity index (χ0n) is 11.2. The maximum atomic E-state index is 11.5. The molecule has 0 aliphatic heterocycles. The van der Waals surface area contributed by atoms with Gasteiger partial charge in [0.2, 0.25) is 0 Å². The Hall–Kier alpha value is -2.05. The maximum Gasteiger partial charge on any atom is 0.326 e. The Bertz CT molecular complexity index is 406. The molecule has 0 fully saturated rings. The van der Waals surface area contributed by atoms with Gasteiger partial charge in [0.25, 0.3) is 0 Å². The van der Waals surface area contributed by atoms with E-state index in [1.807, 2.05) is 0 Å². The van der Waals surface area contributed by atoms with Gasteiger partial charge < -0.3 is 20.8 Å². The van der Waals surface area contributed by atoms with Crippen molar-refractivity contribution in [3.8, 4) is 0 Å². The SMILES string of the molecule is O=C(O)CC(NC(=O)NCCC1=CCCCC1)C(=O)O. The molecule has 112 valence electrons. The fourth-order valence-corrected chi connectivity index (χ4v) is 2.05. The van der Waals surface area contributed by atoms with E-state index in [2.05, 4.69) is 16.7 Å². The van der Waals surface area contributed by atoms with Gasteiger partial charge in [0, 0.05) is 6.54 Å². The Kier molecular flexibility index (Phi) is 6.55. The molecule has 1 aliphatic rings. The van der Waals surface area contributed by atoms with Crippen LogP contribution in [0, 0.1) is 0 Å². The molecule has 0 saturated carbocycles. The molecule has 2 amide bonds. The standard InChI is InChI=1S/C13H20N2O5/c16-11(17)8-10(12(18)19)15-13(20)14-7-6-9-4-2-1-3-5-9/h4,10H,1-3,5-8H2,(H,16,17)(H,18,19)(H2,14,15,20). The van der Waals surface area contributed by atoms with Crippen LogP contribution in [0.25, 0.3) is 0 Å². The molecule has 0 aromatic rings. The highest BCUT2D eigenvalue weighted by Gasteiger charge is 2.22. The Morgan fingerprint density at radius 3 is 2.55 bits per heavy atom. The third kappa shape index (κ3) is 6.21. The number of urea groups is 1. The van der Waals surface area contributed by atoms with Crippen LogP contribution in [0.15, 0.2) is 11.6 Å². The smallest absolute Gasteiger partial charge is 0.326 e. The van der Waals surface area contributed by atoms with E-state index in [0.29, 0.717) is 6.54 Å². The van der Waals surface area contributed by atoms with Gasteiger partial charge in [-0.15, -0.1) is 0 Å². The molecule has 1 unspecified atom stereocenters. The molecule has 7 nitrogen and oxygen atoms in total. The lowest BCUT2D eigenvalue weighted by Crippen LogP contribution is -2.47. The molecule has 0 aromatic heterocycles. The second kappa shape index (κ2) is 8.19. The predicted octanol–water partition coefficient (Wildman–Crippen LogP) is 1.10. The van der Waals surface area contributed by atoms with Gasteiger partial charge in [-0.05, 0) is 32.1 Å². The number of hydrogen-bond acceptors (Lipinski definition) is 3. The summed E-state index contributed by atoms with van der Waals surface area (Å²) < 4.78 is 0. The summed E-state index contributed by atoms with van der Waals surface area (Å²) in [5.74, 6) is -2.64. The van der Waals surface area contributed by atoms with Gasteiger partial charge in [-0.2, -0.15) is 0 Å². The third-order valence-electron chi connectivity index (χ3n) is 3.10. The van der Waals surface area contributed by atoms with E-state index in [0.717, 1.165) is 25.7 Å². The Labute approximate surface area is 117 Å². The highest BCUT2D eigenvalue weighted by atomic mass is 16.4. The van der Waals surface area contributed by atoms with Crippen LogP contribution in [-0.4, -0.2) is 40.8 Å². The van der Waals surface area contributed by atoms with Crippen molar-refractivity contribution in [2.75, 3.05) is 6.54 Å². The topological polar surface area (TPSA) is 116 Å². The molecular formula is C13H20N2O5. The molecular weight excluding hydrogens is 264 g/mol. The molecule has 0 saturated heterocycles. The van der Waals surface area contributed by atoms with Crippen LogP contribution in [-0.2, 0) is 9.59 Å². The zero-order valence-corrected chi connectivity index (χ0v) is 11.2. The summed E-state index contributed by atoms with van der Waals surface area (Å²) in [5.41, 5.74) is 1.30. The first-order valence-corrected chi connectivity index (χ1v) is 6.66. The molecule has 1 rings (SSSR count). The average Bonchev–Trinajstić information content (AvgIpc) is 2.38. The largest absolute Gasteiger partial charge is 0.481 e. The summed E-state index contributed by atoms with van der Waals surface area (Å²) >= 11 is 0. The Morgan fingerprint density at radius 1 is 1.25 bits per heavy atom. The van der Waals surface area contributed by atoms with Gasteiger partial charge in [0.05, 0.1) is 6.42 Å². The van der Waals surface area contributed by atoms with Crippen LogP contribution in [0.5, 0.6) is 0 Å². The van der Waals surface area contributed by atoms with Crippen LogP contribution in [0.1, 0.15) is 38.5 Å². The number of carboxylic acids is 2. The summed E-state index contributed by atoms with van der Waals surface area (Å²) in [7, 11) is 0. The zero-order chi connectivity index (χ0) is 15.0. The second-order valence-electron chi connectivity index (χ2n) is 4.75. The van der Waals surface area contributed by atoms with E-state index >= 15 is 0 Å². The van der Waals surface area contributed by atoms with E-state index in [1.165, 1.54) is 12.0 Å². The molecule has 7 heteroatoms. The minimum atomic E-state index is -1.42. The molecule has 0 spiro atoms. The van der Waals surface area contributed by atoms with Crippen molar-refractivity contribution in [3.63, 3.8) is 0 Å². The van der Waals surface area contributed by atoms with E-state index in [-0.39, 0.29) is 0 Å². The molecule has 0 bridgehead atoms. The molecule has 4 N–H and O–H groups in total. The van der Waals surface area contributed by atoms with Gasteiger partial charge in [-0.25, -0.2) is 9.59 Å². The van der Waals surface area contributed by atoms with Crippen molar-refractivity contribution in [2.45, 2.75) is 44.6 Å². The van der Waals surface area contributed by atoms with Gasteiger partial charge in [-0.1, -0.05) is 11.6 Å². The van der Waals surface area contributed by atoms with Crippen LogP contribution in [0.3, 0.4) is 0 Å². The van der Waals surface area contributed by atoms with Crippen molar-refractivity contribution in [3.05, 3.63) is 11.6 Å². The van der Waals surface area contributed by atoms with Crippen LogP contribution in [0.2, 0.25) is 0 Å². The number of rotatable bonds is 7. The summed E-state index contributed by atoms with van der Waals surface area (Å²) in [6, 6.07) is -2.07. The monoisotopic (exact) mass is 284 g/mol. The van der Waals surface area contributed by atoms with Crippen LogP contribution >= 0.6 is 0 Å². The van der Waals surface area contributed by atoms with Gasteiger partial charge in [0.1, 0.15) is 6.04 Å². The summed E-state index contributed by atoms with van der Waals surface area (Å²) in [5, 5.41) is 22.0. The Balaban J connectivity index is 2.28. The number of carboxylic acid groups (broad SMARTS) is 2. The molecule has 0 heterocycles. The van der Waals surface area contributed by atoms with E-state index in [4.69, 9.17) is 10.2 Å². The van der Waals surface area contributed by atoms with Crippen molar-refractivity contribution in [1.82, 2.24) is 10.6 Å². The van der Waals surface area contributed by atoms with Crippen molar-refractivity contribution >= 4 is 18.0 Å². The summed E-state index contributed by atoms with van der Waals surface area (Å²) in [6.07, 6.45) is 6.75. The quantitative estimate of drug-likeness (QED) is 0.522. The first kappa shape index (κ1) is 16.0. The number of aliphatic carboxylic acids is 2. The first-order chi connectivity index (χ1) is 9.49. The van der Waals surface area contributed by atoms with Gasteiger partial charge in [-0.3, -0.25) is 4.79 Å². The predicted molar refractivity (Wildman–Crippen MR) is 71.4 cm³/mol. The van der Waals surface area contributed by atoms with Crippen LogP contribution in [0.4, 0.5) is 4.79 Å². The summed E-state index contributed by atoms with van der Waals surface area (Å²) in [6.45, 7) is 0.414. The van der Waals surface area contributed by atoms with Gasteiger partial charge >= 0.3 is 18.0 Å². The number of carbonyl (C=O) groups is 3. The second-order valence-corrected chi connectivity index (χ2v) is 4.75. The molecule has 0 radical (unpaired) electrons. The highest BCUT2D eigenvalue weighted by molar-refractivity contribution is 5.86. The lowest BCUT2D eigenvalue weighted by Gasteiger charge is -2.15. The van der Waals surface area contributed by atoms with Crippen LogP contribution < -0.4 is 10.6 Å². The lowest BCUT2D eigenvalue weighted by molar-refractivity contribution is -0.145. The minimum absolute atomic E-state index is 0.414. The number of hydrogen-bond donors (Lipinski definition) is 4. The number of allylic oxidation sites excluding steroid dienone is 1. The first-order valence-electron chi connectivity index (χ1n) is 6.66. The molecule has 1 aliphatic carbocycles. The summed E-state index contributed by atoms with van der Waals surface area (Å²) in [4.78, 5) is 32.7. The number of nitrogens with one attached hydrogen (secondary N) is 2. The average molecular weight is 284 g/mol. The Morgan fingerprint density at radius 2 is 2.00 bits per heavy atom. The fourth-order valence-electron chi connectivity index (χ4n) is 2.05.